The molecule has 0 saturated carbocycles. The van der Waals surface area contributed by atoms with Gasteiger partial charge in [-0.15, -0.1) is 0 Å². The summed E-state index contributed by atoms with van der Waals surface area (Å²) in [6, 6.07) is 4.91. The molecule has 0 aliphatic carbocycles. The van der Waals surface area contributed by atoms with E-state index in [0.29, 0.717) is 22.8 Å². The van der Waals surface area contributed by atoms with Gasteiger partial charge >= 0.3 is 11.9 Å². The van der Waals surface area contributed by atoms with Crippen LogP contribution < -0.4 is 14.2 Å². The molecule has 0 saturated heterocycles. The maximum Gasteiger partial charge on any atom is 0.358 e. The van der Waals surface area contributed by atoms with E-state index in [2.05, 4.69) is 5.16 Å². The molecule has 1 aromatic heterocycles. The molecule has 1 N–H and O–H groups in total. The van der Waals surface area contributed by atoms with E-state index >= 15 is 0 Å². The highest BCUT2D eigenvalue weighted by Gasteiger charge is 2.19. The van der Waals surface area contributed by atoms with Crippen molar-refractivity contribution in [2.45, 2.75) is 6.92 Å². The number of carboxylic acid groups (broad SMARTS) is 1. The van der Waals surface area contributed by atoms with Gasteiger partial charge in [0.15, 0.2) is 17.2 Å². The molecular formula is C13H13NO6. The van der Waals surface area contributed by atoms with Crippen molar-refractivity contribution in [2.75, 3.05) is 14.2 Å². The van der Waals surface area contributed by atoms with Crippen LogP contribution in [0.3, 0.4) is 0 Å². The average molecular weight is 279 g/mol. The third-order valence-corrected chi connectivity index (χ3v) is 2.65. The Morgan fingerprint density at radius 2 is 1.95 bits per heavy atom. The Labute approximate surface area is 114 Å². The molecule has 0 radical (unpaired) electrons. The highest BCUT2D eigenvalue weighted by atomic mass is 16.6. The lowest BCUT2D eigenvalue weighted by molar-refractivity contribution is 0.0685. The highest BCUT2D eigenvalue weighted by Crippen LogP contribution is 2.34. The minimum absolute atomic E-state index is 0.0228. The minimum atomic E-state index is -1.17. The van der Waals surface area contributed by atoms with Gasteiger partial charge in [-0.05, 0) is 19.1 Å². The van der Waals surface area contributed by atoms with Crippen molar-refractivity contribution in [3.05, 3.63) is 29.5 Å². The van der Waals surface area contributed by atoms with Crippen LogP contribution in [0.2, 0.25) is 0 Å². The monoisotopic (exact) mass is 279 g/mol. The molecule has 0 amide bonds. The average Bonchev–Trinajstić information content (AvgIpc) is 2.80. The van der Waals surface area contributed by atoms with Crippen LogP contribution in [0.15, 0.2) is 22.7 Å². The van der Waals surface area contributed by atoms with E-state index in [1.54, 1.807) is 25.1 Å². The van der Waals surface area contributed by atoms with Crippen molar-refractivity contribution < 1.29 is 28.6 Å². The topological polar surface area (TPSA) is 91.0 Å². The molecule has 0 atom stereocenters. The number of aromatic carboxylic acids is 1. The number of benzene rings is 1. The summed E-state index contributed by atoms with van der Waals surface area (Å²) in [5.74, 6) is 0.308. The predicted molar refractivity (Wildman–Crippen MR) is 67.8 cm³/mol. The Hall–Kier alpha value is -2.70. The molecule has 0 bridgehead atoms. The van der Waals surface area contributed by atoms with Crippen LogP contribution in [0.25, 0.3) is 0 Å². The van der Waals surface area contributed by atoms with Crippen LogP contribution in [0.1, 0.15) is 16.1 Å². The first-order chi connectivity index (χ1) is 9.56. The summed E-state index contributed by atoms with van der Waals surface area (Å²) in [6.45, 7) is 1.55. The van der Waals surface area contributed by atoms with Crippen molar-refractivity contribution in [1.29, 1.82) is 0 Å². The fourth-order valence-electron chi connectivity index (χ4n) is 1.60. The molecule has 106 valence electrons. The lowest BCUT2D eigenvalue weighted by Crippen LogP contribution is -1.98. The fourth-order valence-corrected chi connectivity index (χ4v) is 1.60. The molecule has 0 fully saturated rings. The largest absolute Gasteiger partial charge is 0.493 e. The summed E-state index contributed by atoms with van der Waals surface area (Å²) in [5.41, 5.74) is 0.132. The molecule has 7 nitrogen and oxygen atoms in total. The Bertz CT molecular complexity index is 634. The number of carbonyl (C=O) groups is 1. The van der Waals surface area contributed by atoms with Gasteiger partial charge in [0.1, 0.15) is 5.75 Å². The van der Waals surface area contributed by atoms with E-state index in [0.717, 1.165) is 0 Å². The van der Waals surface area contributed by atoms with Crippen LogP contribution in [-0.2, 0) is 0 Å². The molecule has 0 spiro atoms. The summed E-state index contributed by atoms with van der Waals surface area (Å²) in [7, 11) is 3.03. The van der Waals surface area contributed by atoms with Gasteiger partial charge in [0.2, 0.25) is 0 Å². The van der Waals surface area contributed by atoms with Crippen molar-refractivity contribution in [1.82, 2.24) is 5.16 Å². The number of methoxy groups -OCH3 is 2. The van der Waals surface area contributed by atoms with Gasteiger partial charge in [-0.1, -0.05) is 5.16 Å². The van der Waals surface area contributed by atoms with Crippen LogP contribution in [0, 0.1) is 6.92 Å². The summed E-state index contributed by atoms with van der Waals surface area (Å²) in [5, 5.41) is 12.3. The van der Waals surface area contributed by atoms with Gasteiger partial charge in [0.25, 0.3) is 0 Å². The van der Waals surface area contributed by atoms with E-state index in [4.69, 9.17) is 23.8 Å². The zero-order valence-corrected chi connectivity index (χ0v) is 11.2. The quantitative estimate of drug-likeness (QED) is 0.898. The second kappa shape index (κ2) is 5.52. The number of carboxylic acids is 1. The number of nitrogens with zero attached hydrogens (tertiary/aromatic N) is 1. The SMILES string of the molecule is COc1ccc(Oc2onc(C(=O)O)c2C)cc1OC. The summed E-state index contributed by atoms with van der Waals surface area (Å²) in [4.78, 5) is 10.9. The van der Waals surface area contributed by atoms with Crippen molar-refractivity contribution >= 4 is 5.97 Å². The molecule has 2 aromatic rings. The second-order valence-electron chi connectivity index (χ2n) is 3.87. The first-order valence-electron chi connectivity index (χ1n) is 5.66. The van der Waals surface area contributed by atoms with E-state index in [-0.39, 0.29) is 11.6 Å². The number of hydrogen-bond donors (Lipinski definition) is 1. The first kappa shape index (κ1) is 13.7. The van der Waals surface area contributed by atoms with Crippen molar-refractivity contribution in [3.8, 4) is 23.2 Å². The van der Waals surface area contributed by atoms with E-state index in [1.165, 1.54) is 14.2 Å². The highest BCUT2D eigenvalue weighted by molar-refractivity contribution is 5.87. The lowest BCUT2D eigenvalue weighted by atomic mass is 10.2. The van der Waals surface area contributed by atoms with Gasteiger partial charge in [-0.2, -0.15) is 0 Å². The molecule has 0 aliphatic heterocycles. The van der Waals surface area contributed by atoms with Gasteiger partial charge < -0.3 is 23.8 Å². The normalized spacial score (nSPS) is 10.2. The van der Waals surface area contributed by atoms with Crippen molar-refractivity contribution in [3.63, 3.8) is 0 Å². The first-order valence-corrected chi connectivity index (χ1v) is 5.66. The van der Waals surface area contributed by atoms with Crippen LogP contribution in [0.4, 0.5) is 0 Å². The lowest BCUT2D eigenvalue weighted by Gasteiger charge is -2.09. The summed E-state index contributed by atoms with van der Waals surface area (Å²) < 4.78 is 20.6. The predicted octanol–water partition coefficient (Wildman–Crippen LogP) is 2.49. The van der Waals surface area contributed by atoms with Crippen LogP contribution >= 0.6 is 0 Å². The second-order valence-corrected chi connectivity index (χ2v) is 3.87. The van der Waals surface area contributed by atoms with Crippen molar-refractivity contribution in [2.24, 2.45) is 0 Å². The Balaban J connectivity index is 2.28. The van der Waals surface area contributed by atoms with Gasteiger partial charge in [0, 0.05) is 6.07 Å². The minimum Gasteiger partial charge on any atom is -0.493 e. The van der Waals surface area contributed by atoms with Gasteiger partial charge in [0.05, 0.1) is 19.8 Å². The fraction of sp³-hybridized carbons (Fsp3) is 0.231. The molecule has 1 heterocycles. The zero-order chi connectivity index (χ0) is 14.7. The maximum absolute atomic E-state index is 10.9. The number of aromatic nitrogens is 1. The summed E-state index contributed by atoms with van der Waals surface area (Å²) >= 11 is 0. The molecule has 20 heavy (non-hydrogen) atoms. The molecule has 0 aliphatic rings. The molecule has 7 heteroatoms. The van der Waals surface area contributed by atoms with Crippen LogP contribution in [0.5, 0.6) is 23.2 Å². The zero-order valence-electron chi connectivity index (χ0n) is 11.2. The van der Waals surface area contributed by atoms with Crippen LogP contribution in [-0.4, -0.2) is 30.5 Å². The van der Waals surface area contributed by atoms with E-state index in [1.807, 2.05) is 0 Å². The number of rotatable bonds is 5. The summed E-state index contributed by atoms with van der Waals surface area (Å²) in [6.07, 6.45) is 0. The smallest absolute Gasteiger partial charge is 0.358 e. The maximum atomic E-state index is 10.9. The molecule has 0 unspecified atom stereocenters. The Morgan fingerprint density at radius 1 is 1.25 bits per heavy atom. The molecular weight excluding hydrogens is 266 g/mol. The van der Waals surface area contributed by atoms with Gasteiger partial charge in [-0.25, -0.2) is 4.79 Å². The Morgan fingerprint density at radius 3 is 2.50 bits per heavy atom. The van der Waals surface area contributed by atoms with E-state index < -0.39 is 5.97 Å². The van der Waals surface area contributed by atoms with Gasteiger partial charge in [-0.3, -0.25) is 0 Å². The Kier molecular flexibility index (Phi) is 3.79. The third-order valence-electron chi connectivity index (χ3n) is 2.65. The number of hydrogen-bond acceptors (Lipinski definition) is 6. The third kappa shape index (κ3) is 2.51. The number of ether oxygens (including phenoxy) is 3. The molecule has 2 rings (SSSR count). The molecule has 1 aromatic carbocycles. The van der Waals surface area contributed by atoms with E-state index in [9.17, 15) is 4.79 Å². The standard InChI is InChI=1S/C13H13NO6/c1-7-11(12(15)16)14-20-13(7)19-8-4-5-9(17-2)10(6-8)18-3/h4-6H,1-3H3,(H,15,16).